The van der Waals surface area contributed by atoms with Gasteiger partial charge >= 0.3 is 5.97 Å². The lowest BCUT2D eigenvalue weighted by Crippen LogP contribution is -2.42. The molecule has 0 saturated heterocycles. The van der Waals surface area contributed by atoms with Crippen LogP contribution < -0.4 is 0 Å². The summed E-state index contributed by atoms with van der Waals surface area (Å²) < 4.78 is 4.64. The van der Waals surface area contributed by atoms with Gasteiger partial charge in [-0.1, -0.05) is 23.2 Å². The molecule has 21 heavy (non-hydrogen) atoms. The smallest absolute Gasteiger partial charge is 0.307 e. The Bertz CT molecular complexity index is 514. The molecule has 1 fully saturated rings. The molecule has 1 aliphatic carbocycles. The van der Waals surface area contributed by atoms with Crippen LogP contribution in [0.25, 0.3) is 0 Å². The number of amides is 1. The van der Waals surface area contributed by atoms with Crippen molar-refractivity contribution in [1.29, 1.82) is 0 Å². The standard InChI is InChI=1S/C14H21N3O4/c1-3-17(8-12-9(2)15-21-16-12)13(18)10-6-4-5-7-11(10)14(19)20/h10-11H,3-8H2,1-2H3,(H,19,20)/t10-,11-/m1/s1. The largest absolute Gasteiger partial charge is 0.481 e. The van der Waals surface area contributed by atoms with Crippen molar-refractivity contribution in [1.82, 2.24) is 15.2 Å². The number of rotatable bonds is 5. The monoisotopic (exact) mass is 295 g/mol. The molecule has 1 aromatic rings. The highest BCUT2D eigenvalue weighted by atomic mass is 16.6. The number of aromatic nitrogens is 2. The fourth-order valence-electron chi connectivity index (χ4n) is 2.88. The SMILES string of the molecule is CCN(Cc1nonc1C)C(=O)[C@@H]1CCCC[C@H]1C(=O)O. The topological polar surface area (TPSA) is 96.5 Å². The van der Waals surface area contributed by atoms with Gasteiger partial charge in [0.05, 0.1) is 18.4 Å². The van der Waals surface area contributed by atoms with Gasteiger partial charge in [-0.2, -0.15) is 0 Å². The summed E-state index contributed by atoms with van der Waals surface area (Å²) >= 11 is 0. The normalized spacial score (nSPS) is 22.0. The first kappa shape index (κ1) is 15.5. The predicted molar refractivity (Wildman–Crippen MR) is 73.2 cm³/mol. The molecule has 1 N–H and O–H groups in total. The Morgan fingerprint density at radius 3 is 2.48 bits per heavy atom. The lowest BCUT2D eigenvalue weighted by Gasteiger charge is -2.32. The average Bonchev–Trinajstić information content (AvgIpc) is 2.89. The summed E-state index contributed by atoms with van der Waals surface area (Å²) in [4.78, 5) is 25.6. The van der Waals surface area contributed by atoms with E-state index in [1.54, 1.807) is 11.8 Å². The van der Waals surface area contributed by atoms with E-state index in [1.165, 1.54) is 0 Å². The third-order valence-corrected chi connectivity index (χ3v) is 4.18. The maximum atomic E-state index is 12.7. The minimum atomic E-state index is -0.872. The minimum absolute atomic E-state index is 0.105. The van der Waals surface area contributed by atoms with Crippen LogP contribution in [0.5, 0.6) is 0 Å². The molecular formula is C14H21N3O4. The van der Waals surface area contributed by atoms with Crippen molar-refractivity contribution < 1.29 is 19.3 Å². The number of nitrogens with zero attached hydrogens (tertiary/aromatic N) is 3. The summed E-state index contributed by atoms with van der Waals surface area (Å²) in [5, 5.41) is 16.8. The number of carboxylic acids is 1. The number of aryl methyl sites for hydroxylation is 1. The molecule has 1 aliphatic rings. The van der Waals surface area contributed by atoms with Crippen LogP contribution in [0.1, 0.15) is 44.0 Å². The van der Waals surface area contributed by atoms with Gasteiger partial charge in [-0.25, -0.2) is 4.63 Å². The zero-order valence-electron chi connectivity index (χ0n) is 12.4. The fourth-order valence-corrected chi connectivity index (χ4v) is 2.88. The summed E-state index contributed by atoms with van der Waals surface area (Å²) in [6.07, 6.45) is 3.00. The summed E-state index contributed by atoms with van der Waals surface area (Å²) in [6, 6.07) is 0. The van der Waals surface area contributed by atoms with Crippen molar-refractivity contribution in [3.63, 3.8) is 0 Å². The quantitative estimate of drug-likeness (QED) is 0.886. The lowest BCUT2D eigenvalue weighted by molar-refractivity contribution is -0.152. The van der Waals surface area contributed by atoms with E-state index >= 15 is 0 Å². The van der Waals surface area contributed by atoms with E-state index in [9.17, 15) is 14.7 Å². The van der Waals surface area contributed by atoms with E-state index in [4.69, 9.17) is 0 Å². The second-order valence-corrected chi connectivity index (χ2v) is 5.48. The molecule has 0 radical (unpaired) electrons. The van der Waals surface area contributed by atoms with Gasteiger partial charge in [-0.05, 0) is 26.7 Å². The van der Waals surface area contributed by atoms with Crippen LogP contribution in [0.4, 0.5) is 0 Å². The van der Waals surface area contributed by atoms with E-state index < -0.39 is 17.8 Å². The van der Waals surface area contributed by atoms with Crippen LogP contribution in [0.15, 0.2) is 4.63 Å². The van der Waals surface area contributed by atoms with Crippen LogP contribution >= 0.6 is 0 Å². The molecule has 0 spiro atoms. The van der Waals surface area contributed by atoms with Crippen LogP contribution in [0.2, 0.25) is 0 Å². The lowest BCUT2D eigenvalue weighted by atomic mass is 9.78. The molecule has 116 valence electrons. The Hall–Kier alpha value is -1.92. The van der Waals surface area contributed by atoms with Gasteiger partial charge in [0.2, 0.25) is 5.91 Å². The summed E-state index contributed by atoms with van der Waals surface area (Å²) in [6.45, 7) is 4.46. The zero-order chi connectivity index (χ0) is 15.4. The molecule has 7 heteroatoms. The highest BCUT2D eigenvalue weighted by molar-refractivity contribution is 5.85. The van der Waals surface area contributed by atoms with E-state index in [2.05, 4.69) is 14.9 Å². The molecule has 2 rings (SSSR count). The summed E-state index contributed by atoms with van der Waals surface area (Å²) in [7, 11) is 0. The molecular weight excluding hydrogens is 274 g/mol. The van der Waals surface area contributed by atoms with Crippen molar-refractivity contribution in [2.24, 2.45) is 11.8 Å². The number of aliphatic carboxylic acids is 1. The van der Waals surface area contributed by atoms with Crippen molar-refractivity contribution in [2.45, 2.75) is 46.1 Å². The van der Waals surface area contributed by atoms with Crippen LogP contribution in [0, 0.1) is 18.8 Å². The predicted octanol–water partition coefficient (Wildman–Crippen LogP) is 1.62. The molecule has 2 atom stereocenters. The maximum absolute atomic E-state index is 12.7. The van der Waals surface area contributed by atoms with E-state index in [0.29, 0.717) is 37.3 Å². The van der Waals surface area contributed by atoms with E-state index in [-0.39, 0.29) is 5.91 Å². The van der Waals surface area contributed by atoms with Gasteiger partial charge < -0.3 is 10.0 Å². The second-order valence-electron chi connectivity index (χ2n) is 5.48. The first-order valence-corrected chi connectivity index (χ1v) is 7.34. The third-order valence-electron chi connectivity index (χ3n) is 4.18. The molecule has 1 amide bonds. The number of hydrogen-bond acceptors (Lipinski definition) is 5. The van der Waals surface area contributed by atoms with Gasteiger partial charge in [0.15, 0.2) is 0 Å². The van der Waals surface area contributed by atoms with Gasteiger partial charge in [-0.15, -0.1) is 0 Å². The Morgan fingerprint density at radius 1 is 1.29 bits per heavy atom. The molecule has 0 unspecified atom stereocenters. The van der Waals surface area contributed by atoms with Crippen molar-refractivity contribution in [3.05, 3.63) is 11.4 Å². The number of carboxylic acid groups (broad SMARTS) is 1. The zero-order valence-corrected chi connectivity index (χ0v) is 12.4. The summed E-state index contributed by atoms with van der Waals surface area (Å²) in [5.41, 5.74) is 1.27. The molecule has 0 bridgehead atoms. The highest BCUT2D eigenvalue weighted by Crippen LogP contribution is 2.32. The third kappa shape index (κ3) is 3.40. The summed E-state index contributed by atoms with van der Waals surface area (Å²) in [5.74, 6) is -1.98. The molecule has 0 aliphatic heterocycles. The molecule has 1 saturated carbocycles. The van der Waals surface area contributed by atoms with E-state index in [0.717, 1.165) is 12.8 Å². The molecule has 1 heterocycles. The average molecular weight is 295 g/mol. The van der Waals surface area contributed by atoms with Crippen molar-refractivity contribution in [2.75, 3.05) is 6.54 Å². The second kappa shape index (κ2) is 6.69. The van der Waals surface area contributed by atoms with Gasteiger partial charge in [0.25, 0.3) is 0 Å². The van der Waals surface area contributed by atoms with Crippen LogP contribution in [-0.2, 0) is 16.1 Å². The Labute approximate surface area is 123 Å². The van der Waals surface area contributed by atoms with Crippen LogP contribution in [-0.4, -0.2) is 38.7 Å². The van der Waals surface area contributed by atoms with Gasteiger partial charge in [-0.3, -0.25) is 9.59 Å². The fraction of sp³-hybridized carbons (Fsp3) is 0.714. The number of hydrogen-bond donors (Lipinski definition) is 1. The van der Waals surface area contributed by atoms with Gasteiger partial charge in [0, 0.05) is 6.54 Å². The van der Waals surface area contributed by atoms with E-state index in [1.807, 2.05) is 6.92 Å². The minimum Gasteiger partial charge on any atom is -0.481 e. The molecule has 0 aromatic carbocycles. The first-order chi connectivity index (χ1) is 10.0. The maximum Gasteiger partial charge on any atom is 0.307 e. The molecule has 1 aromatic heterocycles. The van der Waals surface area contributed by atoms with Gasteiger partial charge in [0.1, 0.15) is 11.4 Å². The number of carbonyl (C=O) groups excluding carboxylic acids is 1. The number of carbonyl (C=O) groups is 2. The Balaban J connectivity index is 2.11. The van der Waals surface area contributed by atoms with Crippen molar-refractivity contribution in [3.8, 4) is 0 Å². The van der Waals surface area contributed by atoms with Crippen LogP contribution in [0.3, 0.4) is 0 Å². The molecule has 7 nitrogen and oxygen atoms in total. The Morgan fingerprint density at radius 2 is 1.95 bits per heavy atom. The Kier molecular flexibility index (Phi) is 4.93. The first-order valence-electron chi connectivity index (χ1n) is 7.34. The van der Waals surface area contributed by atoms with Crippen molar-refractivity contribution >= 4 is 11.9 Å². The highest BCUT2D eigenvalue weighted by Gasteiger charge is 2.37.